The Bertz CT molecular complexity index is 723. The first kappa shape index (κ1) is 18.8. The van der Waals surface area contributed by atoms with Gasteiger partial charge in [-0.15, -0.1) is 11.3 Å². The van der Waals surface area contributed by atoms with Gasteiger partial charge in [0, 0.05) is 43.8 Å². The smallest absolute Gasteiger partial charge is 0.270 e. The second kappa shape index (κ2) is 8.60. The summed E-state index contributed by atoms with van der Waals surface area (Å²) in [5.74, 6) is 0.126. The molecule has 2 aromatic rings. The molecule has 0 unspecified atom stereocenters. The van der Waals surface area contributed by atoms with Crippen LogP contribution in [0.5, 0.6) is 0 Å². The molecule has 1 N–H and O–H groups in total. The third-order valence-corrected chi connectivity index (χ3v) is 5.21. The van der Waals surface area contributed by atoms with Gasteiger partial charge in [-0.1, -0.05) is 13.8 Å². The van der Waals surface area contributed by atoms with Crippen molar-refractivity contribution in [1.29, 1.82) is 0 Å². The summed E-state index contributed by atoms with van der Waals surface area (Å²) in [5, 5.41) is 5.70. The van der Waals surface area contributed by atoms with E-state index in [4.69, 9.17) is 0 Å². The Labute approximate surface area is 157 Å². The zero-order valence-corrected chi connectivity index (χ0v) is 16.1. The predicted molar refractivity (Wildman–Crippen MR) is 103 cm³/mol. The van der Waals surface area contributed by atoms with Gasteiger partial charge >= 0.3 is 0 Å². The second-order valence-corrected chi connectivity index (χ2v) is 7.91. The molecular weight excluding hydrogens is 351 g/mol. The van der Waals surface area contributed by atoms with Crippen LogP contribution < -0.4 is 10.2 Å². The first-order valence-electron chi connectivity index (χ1n) is 8.96. The summed E-state index contributed by atoms with van der Waals surface area (Å²) in [7, 11) is 0. The summed E-state index contributed by atoms with van der Waals surface area (Å²) in [6.45, 7) is 9.21. The maximum atomic E-state index is 13.0. The topological polar surface area (TPSA) is 48.5 Å². The molecular formula is C19H25FN4OS. The number of benzene rings is 1. The molecule has 0 atom stereocenters. The van der Waals surface area contributed by atoms with E-state index in [0.717, 1.165) is 43.4 Å². The maximum Gasteiger partial charge on any atom is 0.270 e. The predicted octanol–water partition coefficient (Wildman–Crippen LogP) is 2.99. The highest BCUT2D eigenvalue weighted by molar-refractivity contribution is 7.09. The van der Waals surface area contributed by atoms with Crippen LogP contribution in [0.25, 0.3) is 0 Å². The molecule has 7 heteroatoms. The minimum absolute atomic E-state index is 0.0951. The van der Waals surface area contributed by atoms with Gasteiger partial charge in [-0.2, -0.15) is 0 Å². The summed E-state index contributed by atoms with van der Waals surface area (Å²) in [6, 6.07) is 6.66. The van der Waals surface area contributed by atoms with Crippen molar-refractivity contribution in [1.82, 2.24) is 15.2 Å². The molecule has 2 heterocycles. The van der Waals surface area contributed by atoms with Gasteiger partial charge in [0.15, 0.2) is 0 Å². The van der Waals surface area contributed by atoms with E-state index in [1.165, 1.54) is 23.5 Å². The van der Waals surface area contributed by atoms with Crippen LogP contribution in [-0.2, 0) is 6.54 Å². The lowest BCUT2D eigenvalue weighted by atomic mass is 10.2. The molecule has 1 aliphatic rings. The summed E-state index contributed by atoms with van der Waals surface area (Å²) >= 11 is 1.54. The van der Waals surface area contributed by atoms with Crippen LogP contribution in [0, 0.1) is 11.7 Å². The van der Waals surface area contributed by atoms with E-state index in [-0.39, 0.29) is 11.7 Å². The molecule has 1 aromatic heterocycles. The number of thiazole rings is 1. The molecule has 1 aromatic carbocycles. The van der Waals surface area contributed by atoms with Crippen LogP contribution >= 0.6 is 11.3 Å². The molecule has 0 bridgehead atoms. The zero-order chi connectivity index (χ0) is 18.5. The average molecular weight is 377 g/mol. The number of aromatic nitrogens is 1. The monoisotopic (exact) mass is 376 g/mol. The van der Waals surface area contributed by atoms with Gasteiger partial charge < -0.3 is 10.2 Å². The molecule has 1 aliphatic heterocycles. The number of rotatable bonds is 6. The average Bonchev–Trinajstić information content (AvgIpc) is 3.10. The number of halogens is 1. The highest BCUT2D eigenvalue weighted by Gasteiger charge is 2.19. The Morgan fingerprint density at radius 3 is 2.58 bits per heavy atom. The van der Waals surface area contributed by atoms with Crippen molar-refractivity contribution in [2.24, 2.45) is 5.92 Å². The number of nitrogens with zero attached hydrogens (tertiary/aromatic N) is 3. The van der Waals surface area contributed by atoms with Crippen LogP contribution in [0.1, 0.15) is 29.3 Å². The Kier molecular flexibility index (Phi) is 6.21. The van der Waals surface area contributed by atoms with E-state index in [1.807, 2.05) is 17.5 Å². The lowest BCUT2D eigenvalue weighted by Gasteiger charge is -2.35. The highest BCUT2D eigenvalue weighted by atomic mass is 32.1. The minimum atomic E-state index is -0.204. The number of carbonyl (C=O) groups excluding carboxylic acids is 1. The van der Waals surface area contributed by atoms with E-state index in [2.05, 4.69) is 33.9 Å². The largest absolute Gasteiger partial charge is 0.369 e. The molecule has 0 spiro atoms. The van der Waals surface area contributed by atoms with Gasteiger partial charge in [-0.25, -0.2) is 9.37 Å². The summed E-state index contributed by atoms with van der Waals surface area (Å²) < 4.78 is 13.0. The Balaban J connectivity index is 1.49. The maximum absolute atomic E-state index is 13.0. The normalized spacial score (nSPS) is 15.5. The fourth-order valence-electron chi connectivity index (χ4n) is 2.88. The fourth-order valence-corrected chi connectivity index (χ4v) is 3.70. The number of piperazine rings is 1. The molecule has 3 rings (SSSR count). The fraction of sp³-hybridized carbons (Fsp3) is 0.474. The highest BCUT2D eigenvalue weighted by Crippen LogP contribution is 2.19. The van der Waals surface area contributed by atoms with E-state index in [0.29, 0.717) is 18.2 Å². The van der Waals surface area contributed by atoms with Gasteiger partial charge in [0.1, 0.15) is 16.5 Å². The van der Waals surface area contributed by atoms with Crippen LogP contribution in [0.3, 0.4) is 0 Å². The number of carbonyl (C=O) groups is 1. The molecule has 0 saturated carbocycles. The van der Waals surface area contributed by atoms with E-state index in [9.17, 15) is 9.18 Å². The van der Waals surface area contributed by atoms with E-state index < -0.39 is 0 Å². The van der Waals surface area contributed by atoms with Gasteiger partial charge in [0.25, 0.3) is 5.91 Å². The van der Waals surface area contributed by atoms with E-state index in [1.54, 1.807) is 0 Å². The number of nitrogens with one attached hydrogen (secondary N) is 1. The van der Waals surface area contributed by atoms with Crippen LogP contribution in [0.4, 0.5) is 10.1 Å². The molecule has 1 amide bonds. The Hall–Kier alpha value is -1.99. The first-order chi connectivity index (χ1) is 12.5. The SMILES string of the molecule is CC(C)CNC(=O)c1csc(CN2CCN(c3ccc(F)cc3)CC2)n1. The second-order valence-electron chi connectivity index (χ2n) is 6.97. The van der Waals surface area contributed by atoms with Crippen LogP contribution in [0.15, 0.2) is 29.6 Å². The Morgan fingerprint density at radius 2 is 1.92 bits per heavy atom. The van der Waals surface area contributed by atoms with Crippen molar-refractivity contribution in [3.8, 4) is 0 Å². The first-order valence-corrected chi connectivity index (χ1v) is 9.84. The third-order valence-electron chi connectivity index (χ3n) is 4.38. The van der Waals surface area contributed by atoms with Crippen molar-refractivity contribution in [2.45, 2.75) is 20.4 Å². The molecule has 5 nitrogen and oxygen atoms in total. The number of anilines is 1. The molecule has 140 valence electrons. The van der Waals surface area contributed by atoms with Crippen molar-refractivity contribution in [3.05, 3.63) is 46.2 Å². The van der Waals surface area contributed by atoms with Crippen molar-refractivity contribution >= 4 is 22.9 Å². The van der Waals surface area contributed by atoms with Gasteiger partial charge in [0.05, 0.1) is 6.54 Å². The summed E-state index contributed by atoms with van der Waals surface area (Å²) in [6.07, 6.45) is 0. The quantitative estimate of drug-likeness (QED) is 0.842. The molecule has 1 fully saturated rings. The lowest BCUT2D eigenvalue weighted by molar-refractivity contribution is 0.0944. The van der Waals surface area contributed by atoms with Gasteiger partial charge in [0.2, 0.25) is 0 Å². The van der Waals surface area contributed by atoms with Crippen molar-refractivity contribution in [2.75, 3.05) is 37.6 Å². The molecule has 0 aliphatic carbocycles. The number of hydrogen-bond acceptors (Lipinski definition) is 5. The molecule has 26 heavy (non-hydrogen) atoms. The van der Waals surface area contributed by atoms with Gasteiger partial charge in [-0.05, 0) is 30.2 Å². The Morgan fingerprint density at radius 1 is 1.23 bits per heavy atom. The number of hydrogen-bond donors (Lipinski definition) is 1. The molecule has 1 saturated heterocycles. The standard InChI is InChI=1S/C19H25FN4OS/c1-14(2)11-21-19(25)17-13-26-18(22-17)12-23-7-9-24(10-8-23)16-5-3-15(20)4-6-16/h3-6,13-14H,7-12H2,1-2H3,(H,21,25). The summed E-state index contributed by atoms with van der Waals surface area (Å²) in [5.41, 5.74) is 1.57. The van der Waals surface area contributed by atoms with Crippen LogP contribution in [-0.4, -0.2) is 48.5 Å². The third kappa shape index (κ3) is 5.02. The van der Waals surface area contributed by atoms with Crippen molar-refractivity contribution in [3.63, 3.8) is 0 Å². The van der Waals surface area contributed by atoms with Gasteiger partial charge in [-0.3, -0.25) is 9.69 Å². The zero-order valence-electron chi connectivity index (χ0n) is 15.2. The lowest BCUT2D eigenvalue weighted by Crippen LogP contribution is -2.45. The minimum Gasteiger partial charge on any atom is -0.369 e. The number of amides is 1. The summed E-state index contributed by atoms with van der Waals surface area (Å²) in [4.78, 5) is 21.2. The van der Waals surface area contributed by atoms with Crippen LogP contribution in [0.2, 0.25) is 0 Å². The van der Waals surface area contributed by atoms with E-state index >= 15 is 0 Å². The molecule has 0 radical (unpaired) electrons. The van der Waals surface area contributed by atoms with Crippen molar-refractivity contribution < 1.29 is 9.18 Å².